The summed E-state index contributed by atoms with van der Waals surface area (Å²) in [5.74, 6) is 0.189. The Morgan fingerprint density at radius 3 is 2.65 bits per heavy atom. The lowest BCUT2D eigenvalue weighted by atomic mass is 9.98. The standard InChI is InChI=1S/C24H27N3O6S/c1-14-20-22(34-21(14)24(30)33-15-7-5-4-6-8-15)25-13-27(23(20)29)12-19(28)26-17-10-9-16(31-2)11-18(17)32-3/h9-11,13,15H,4-8,12H2,1-3H3,(H,26,28). The van der Waals surface area contributed by atoms with Gasteiger partial charge in [0, 0.05) is 6.07 Å². The number of fused-ring (bicyclic) bond motifs is 1. The van der Waals surface area contributed by atoms with Crippen LogP contribution in [0.4, 0.5) is 5.69 Å². The van der Waals surface area contributed by atoms with Gasteiger partial charge in [-0.3, -0.25) is 14.2 Å². The van der Waals surface area contributed by atoms with Crippen molar-refractivity contribution in [3.05, 3.63) is 45.3 Å². The average molecular weight is 486 g/mol. The third-order valence-corrected chi connectivity index (χ3v) is 7.11. The van der Waals surface area contributed by atoms with E-state index in [1.807, 2.05) is 0 Å². The summed E-state index contributed by atoms with van der Waals surface area (Å²) in [4.78, 5) is 43.7. The Kier molecular flexibility index (Phi) is 7.16. The highest BCUT2D eigenvalue weighted by Crippen LogP contribution is 2.30. The number of anilines is 1. The number of benzene rings is 1. The van der Waals surface area contributed by atoms with Crippen molar-refractivity contribution in [2.24, 2.45) is 0 Å². The Morgan fingerprint density at radius 1 is 1.18 bits per heavy atom. The molecule has 1 amide bonds. The zero-order valence-electron chi connectivity index (χ0n) is 19.4. The maximum atomic E-state index is 13.1. The summed E-state index contributed by atoms with van der Waals surface area (Å²) < 4.78 is 17.4. The summed E-state index contributed by atoms with van der Waals surface area (Å²) in [6, 6.07) is 5.01. The van der Waals surface area contributed by atoms with E-state index in [2.05, 4.69) is 10.3 Å². The second kappa shape index (κ2) is 10.3. The number of aryl methyl sites for hydroxylation is 1. The van der Waals surface area contributed by atoms with E-state index < -0.39 is 11.9 Å². The molecule has 1 aromatic carbocycles. The number of amides is 1. The fraction of sp³-hybridized carbons (Fsp3) is 0.417. The SMILES string of the molecule is COc1ccc(NC(=O)Cn2cnc3sc(C(=O)OC4CCCCC4)c(C)c3c2=O)c(OC)c1. The van der Waals surface area contributed by atoms with Crippen LogP contribution in [0.25, 0.3) is 10.2 Å². The summed E-state index contributed by atoms with van der Waals surface area (Å²) in [5.41, 5.74) is 0.604. The fourth-order valence-electron chi connectivity index (χ4n) is 4.10. The molecule has 180 valence electrons. The van der Waals surface area contributed by atoms with Crippen molar-refractivity contribution in [1.82, 2.24) is 9.55 Å². The van der Waals surface area contributed by atoms with Crippen molar-refractivity contribution >= 4 is 39.1 Å². The lowest BCUT2D eigenvalue weighted by Gasteiger charge is -2.21. The van der Waals surface area contributed by atoms with Crippen molar-refractivity contribution in [3.63, 3.8) is 0 Å². The number of hydrogen-bond donors (Lipinski definition) is 1. The smallest absolute Gasteiger partial charge is 0.348 e. The molecule has 2 heterocycles. The molecule has 34 heavy (non-hydrogen) atoms. The fourth-order valence-corrected chi connectivity index (χ4v) is 5.12. The number of carbonyl (C=O) groups excluding carboxylic acids is 2. The predicted molar refractivity (Wildman–Crippen MR) is 129 cm³/mol. The number of esters is 1. The Hall–Kier alpha value is -3.40. The summed E-state index contributed by atoms with van der Waals surface area (Å²) in [7, 11) is 3.03. The van der Waals surface area contributed by atoms with Crippen LogP contribution in [0.1, 0.15) is 47.3 Å². The van der Waals surface area contributed by atoms with Gasteiger partial charge < -0.3 is 19.5 Å². The van der Waals surface area contributed by atoms with Crippen LogP contribution in [0, 0.1) is 6.92 Å². The Morgan fingerprint density at radius 2 is 1.94 bits per heavy atom. The minimum absolute atomic E-state index is 0.0749. The van der Waals surface area contributed by atoms with Crippen molar-refractivity contribution in [3.8, 4) is 11.5 Å². The van der Waals surface area contributed by atoms with E-state index in [0.717, 1.165) is 43.4 Å². The molecule has 1 aliphatic carbocycles. The Bertz CT molecular complexity index is 1280. The van der Waals surface area contributed by atoms with E-state index in [0.29, 0.717) is 37.8 Å². The molecule has 0 bridgehead atoms. The van der Waals surface area contributed by atoms with Crippen LogP contribution in [0.15, 0.2) is 29.3 Å². The van der Waals surface area contributed by atoms with Gasteiger partial charge >= 0.3 is 5.97 Å². The van der Waals surface area contributed by atoms with Crippen LogP contribution < -0.4 is 20.3 Å². The van der Waals surface area contributed by atoms with Crippen molar-refractivity contribution in [1.29, 1.82) is 0 Å². The summed E-state index contributed by atoms with van der Waals surface area (Å²) in [5, 5.41) is 3.07. The van der Waals surface area contributed by atoms with E-state index in [1.165, 1.54) is 25.1 Å². The maximum Gasteiger partial charge on any atom is 0.348 e. The molecule has 0 atom stereocenters. The highest BCUT2D eigenvalue weighted by atomic mass is 32.1. The predicted octanol–water partition coefficient (Wildman–Crippen LogP) is 3.91. The van der Waals surface area contributed by atoms with Gasteiger partial charge in [0.25, 0.3) is 5.56 Å². The molecule has 0 unspecified atom stereocenters. The maximum absolute atomic E-state index is 13.1. The minimum Gasteiger partial charge on any atom is -0.497 e. The first kappa shape index (κ1) is 23.7. The van der Waals surface area contributed by atoms with Gasteiger partial charge in [0.15, 0.2) is 0 Å². The highest BCUT2D eigenvalue weighted by Gasteiger charge is 2.24. The highest BCUT2D eigenvalue weighted by molar-refractivity contribution is 7.20. The quantitative estimate of drug-likeness (QED) is 0.505. The van der Waals surface area contributed by atoms with Crippen molar-refractivity contribution < 1.29 is 23.8 Å². The number of aromatic nitrogens is 2. The second-order valence-corrected chi connectivity index (χ2v) is 9.19. The number of carbonyl (C=O) groups is 2. The van der Waals surface area contributed by atoms with Crippen LogP contribution in [0.2, 0.25) is 0 Å². The Labute approximate surface area is 200 Å². The first-order valence-corrected chi connectivity index (χ1v) is 11.9. The minimum atomic E-state index is -0.420. The zero-order chi connectivity index (χ0) is 24.2. The van der Waals surface area contributed by atoms with Gasteiger partial charge in [-0.15, -0.1) is 11.3 Å². The molecule has 4 rings (SSSR count). The molecule has 1 fully saturated rings. The molecule has 0 radical (unpaired) electrons. The number of thiophene rings is 1. The van der Waals surface area contributed by atoms with E-state index >= 15 is 0 Å². The molecule has 3 aromatic rings. The molecule has 9 nitrogen and oxygen atoms in total. The van der Waals surface area contributed by atoms with Gasteiger partial charge in [-0.25, -0.2) is 9.78 Å². The molecule has 10 heteroatoms. The molecular weight excluding hydrogens is 458 g/mol. The third-order valence-electron chi connectivity index (χ3n) is 5.93. The molecule has 1 N–H and O–H groups in total. The number of nitrogens with zero attached hydrogens (tertiary/aromatic N) is 2. The molecule has 1 saturated carbocycles. The molecular formula is C24H27N3O6S. The van der Waals surface area contributed by atoms with Gasteiger partial charge in [-0.05, 0) is 50.3 Å². The number of hydrogen-bond acceptors (Lipinski definition) is 8. The molecule has 0 spiro atoms. The van der Waals surface area contributed by atoms with Crippen LogP contribution in [0.3, 0.4) is 0 Å². The van der Waals surface area contributed by atoms with Gasteiger partial charge in [0.05, 0.1) is 31.6 Å². The van der Waals surface area contributed by atoms with Gasteiger partial charge in [-0.1, -0.05) is 6.42 Å². The van der Waals surface area contributed by atoms with Crippen LogP contribution >= 0.6 is 11.3 Å². The first-order valence-electron chi connectivity index (χ1n) is 11.1. The summed E-state index contributed by atoms with van der Waals surface area (Å²) in [6.45, 7) is 1.47. The first-order chi connectivity index (χ1) is 16.4. The number of ether oxygens (including phenoxy) is 3. The summed E-state index contributed by atoms with van der Waals surface area (Å²) in [6.07, 6.45) is 6.26. The van der Waals surface area contributed by atoms with Crippen molar-refractivity contribution in [2.75, 3.05) is 19.5 Å². The normalized spacial score (nSPS) is 14.1. The van der Waals surface area contributed by atoms with Gasteiger partial charge in [-0.2, -0.15) is 0 Å². The van der Waals surface area contributed by atoms with Crippen molar-refractivity contribution in [2.45, 2.75) is 51.7 Å². The third kappa shape index (κ3) is 4.91. The molecule has 0 aliphatic heterocycles. The molecule has 0 saturated heterocycles. The van der Waals surface area contributed by atoms with Crippen LogP contribution in [-0.4, -0.2) is 41.8 Å². The van der Waals surface area contributed by atoms with Crippen LogP contribution in [0.5, 0.6) is 11.5 Å². The largest absolute Gasteiger partial charge is 0.497 e. The second-order valence-electron chi connectivity index (χ2n) is 8.19. The van der Waals surface area contributed by atoms with Gasteiger partial charge in [0.1, 0.15) is 33.9 Å². The lowest BCUT2D eigenvalue weighted by Crippen LogP contribution is -2.28. The van der Waals surface area contributed by atoms with E-state index in [4.69, 9.17) is 14.2 Å². The zero-order valence-corrected chi connectivity index (χ0v) is 20.2. The molecule has 1 aliphatic rings. The van der Waals surface area contributed by atoms with E-state index in [1.54, 1.807) is 25.1 Å². The lowest BCUT2D eigenvalue weighted by molar-refractivity contribution is -0.116. The number of methoxy groups -OCH3 is 2. The Balaban J connectivity index is 1.53. The van der Waals surface area contributed by atoms with Gasteiger partial charge in [0.2, 0.25) is 5.91 Å². The number of rotatable bonds is 7. The summed E-state index contributed by atoms with van der Waals surface area (Å²) >= 11 is 1.15. The average Bonchev–Trinajstić information content (AvgIpc) is 3.19. The topological polar surface area (TPSA) is 109 Å². The van der Waals surface area contributed by atoms with E-state index in [-0.39, 0.29) is 18.2 Å². The monoisotopic (exact) mass is 485 g/mol. The van der Waals surface area contributed by atoms with Crippen LogP contribution in [-0.2, 0) is 16.1 Å². The van der Waals surface area contributed by atoms with E-state index in [9.17, 15) is 14.4 Å². The molecule has 2 aromatic heterocycles. The number of nitrogens with one attached hydrogen (secondary N) is 1.